The average Bonchev–Trinajstić information content (AvgIpc) is 2.75. The van der Waals surface area contributed by atoms with Crippen LogP contribution in [0.5, 0.6) is 0 Å². The molecule has 1 saturated heterocycles. The van der Waals surface area contributed by atoms with Crippen molar-refractivity contribution in [1.29, 1.82) is 0 Å². The molecule has 0 saturated carbocycles. The van der Waals surface area contributed by atoms with E-state index in [9.17, 15) is 22.0 Å². The number of rotatable bonds is 5. The first-order valence-corrected chi connectivity index (χ1v) is 8.70. The van der Waals surface area contributed by atoms with E-state index in [4.69, 9.17) is 0 Å². The number of carbonyl (C=O) groups is 1. The minimum Gasteiger partial charge on any atom is -0.359 e. The fourth-order valence-electron chi connectivity index (χ4n) is 2.76. The van der Waals surface area contributed by atoms with E-state index >= 15 is 0 Å². The van der Waals surface area contributed by atoms with Crippen LogP contribution in [0.25, 0.3) is 0 Å². The molecule has 1 amide bonds. The summed E-state index contributed by atoms with van der Waals surface area (Å²) in [6, 6.07) is 2.04. The van der Waals surface area contributed by atoms with Crippen LogP contribution in [0, 0.1) is 17.6 Å². The Balaban J connectivity index is 2.12. The van der Waals surface area contributed by atoms with Gasteiger partial charge in [0.05, 0.1) is 11.7 Å². The zero-order valence-corrected chi connectivity index (χ0v) is 13.7. The van der Waals surface area contributed by atoms with E-state index in [1.54, 1.807) is 7.05 Å². The molecular formula is C14H19F2N3O3S. The number of hydrogen-bond donors (Lipinski definition) is 2. The first-order valence-electron chi connectivity index (χ1n) is 7.05. The van der Waals surface area contributed by atoms with Crippen LogP contribution >= 0.6 is 0 Å². The fraction of sp³-hybridized carbons (Fsp3) is 0.500. The lowest BCUT2D eigenvalue weighted by atomic mass is 10.0. The third kappa shape index (κ3) is 4.69. The average molecular weight is 347 g/mol. The summed E-state index contributed by atoms with van der Waals surface area (Å²) in [4.78, 5) is 13.7. The van der Waals surface area contributed by atoms with Crippen molar-refractivity contribution in [2.24, 2.45) is 5.92 Å². The standard InChI is InChI=1S/C14H19F2N3O3S/c1-17-14(20)12-6-19(2)7-13(12)18-23(21,22)8-9-3-10(15)5-11(16)4-9/h3-5,12-13,18H,6-8H2,1-2H3,(H,17,20)/t12-,13-/m0/s1. The second-order valence-corrected chi connectivity index (χ2v) is 7.46. The number of nitrogens with zero attached hydrogens (tertiary/aromatic N) is 1. The van der Waals surface area contributed by atoms with Gasteiger partial charge in [0.15, 0.2) is 0 Å². The SMILES string of the molecule is CNC(=O)[C@H]1CN(C)C[C@@H]1NS(=O)(=O)Cc1cc(F)cc(F)c1. The summed E-state index contributed by atoms with van der Waals surface area (Å²) in [7, 11) is -0.568. The number of benzene rings is 1. The van der Waals surface area contributed by atoms with Crippen molar-refractivity contribution in [1.82, 2.24) is 14.9 Å². The molecule has 0 radical (unpaired) electrons. The Labute approximate surface area is 133 Å². The van der Waals surface area contributed by atoms with E-state index in [-0.39, 0.29) is 11.5 Å². The molecule has 0 aromatic heterocycles. The number of hydrogen-bond acceptors (Lipinski definition) is 4. The molecule has 6 nitrogen and oxygen atoms in total. The van der Waals surface area contributed by atoms with Gasteiger partial charge in [-0.25, -0.2) is 21.9 Å². The van der Waals surface area contributed by atoms with Gasteiger partial charge in [-0.2, -0.15) is 0 Å². The maximum absolute atomic E-state index is 13.2. The predicted octanol–water partition coefficient (Wildman–Crippen LogP) is 0.0604. The van der Waals surface area contributed by atoms with Crippen LogP contribution in [0.4, 0.5) is 8.78 Å². The highest BCUT2D eigenvalue weighted by molar-refractivity contribution is 7.88. The van der Waals surface area contributed by atoms with Crippen LogP contribution in [0.1, 0.15) is 5.56 Å². The van der Waals surface area contributed by atoms with Gasteiger partial charge < -0.3 is 10.2 Å². The molecule has 1 aliphatic rings. The molecule has 0 aliphatic carbocycles. The van der Waals surface area contributed by atoms with Crippen LogP contribution in [0.15, 0.2) is 18.2 Å². The van der Waals surface area contributed by atoms with Gasteiger partial charge in [0.2, 0.25) is 15.9 Å². The van der Waals surface area contributed by atoms with Crippen molar-refractivity contribution in [3.8, 4) is 0 Å². The van der Waals surface area contributed by atoms with Crippen LogP contribution in [0.2, 0.25) is 0 Å². The Hall–Kier alpha value is -1.58. The van der Waals surface area contributed by atoms with Crippen LogP contribution in [-0.4, -0.2) is 52.5 Å². The molecule has 9 heteroatoms. The highest BCUT2D eigenvalue weighted by Gasteiger charge is 2.37. The zero-order valence-electron chi connectivity index (χ0n) is 12.8. The molecule has 1 aromatic rings. The molecule has 23 heavy (non-hydrogen) atoms. The van der Waals surface area contributed by atoms with Crippen LogP contribution < -0.4 is 10.0 Å². The van der Waals surface area contributed by atoms with Crippen molar-refractivity contribution < 1.29 is 22.0 Å². The van der Waals surface area contributed by atoms with Crippen molar-refractivity contribution in [3.63, 3.8) is 0 Å². The van der Waals surface area contributed by atoms with Gasteiger partial charge in [0.1, 0.15) is 11.6 Å². The molecule has 1 heterocycles. The molecule has 1 aliphatic heterocycles. The van der Waals surface area contributed by atoms with E-state index in [1.165, 1.54) is 7.05 Å². The molecule has 0 unspecified atom stereocenters. The summed E-state index contributed by atoms with van der Waals surface area (Å²) in [5.74, 6) is -2.98. The molecular weight excluding hydrogens is 328 g/mol. The first-order chi connectivity index (χ1) is 10.7. The maximum atomic E-state index is 13.2. The van der Waals surface area contributed by atoms with Gasteiger partial charge >= 0.3 is 0 Å². The number of likely N-dealkylation sites (N-methyl/N-ethyl adjacent to an activating group) is 1. The normalized spacial score (nSPS) is 22.3. The molecule has 2 rings (SSSR count). The molecule has 1 aromatic carbocycles. The third-order valence-electron chi connectivity index (χ3n) is 3.70. The summed E-state index contributed by atoms with van der Waals surface area (Å²) in [6.07, 6.45) is 0. The molecule has 2 N–H and O–H groups in total. The van der Waals surface area contributed by atoms with Gasteiger partial charge in [-0.1, -0.05) is 0 Å². The molecule has 0 bridgehead atoms. The summed E-state index contributed by atoms with van der Waals surface area (Å²) in [6.45, 7) is 0.816. The number of likely N-dealkylation sites (tertiary alicyclic amines) is 1. The number of amides is 1. The van der Waals surface area contributed by atoms with Crippen molar-refractivity contribution in [3.05, 3.63) is 35.4 Å². The van der Waals surface area contributed by atoms with E-state index in [0.29, 0.717) is 19.2 Å². The summed E-state index contributed by atoms with van der Waals surface area (Å²) in [5, 5.41) is 2.51. The minimum atomic E-state index is -3.84. The Kier molecular flexibility index (Phi) is 5.33. The largest absolute Gasteiger partial charge is 0.359 e. The van der Waals surface area contributed by atoms with Gasteiger partial charge in [0, 0.05) is 32.2 Å². The Morgan fingerprint density at radius 3 is 2.43 bits per heavy atom. The Morgan fingerprint density at radius 2 is 1.87 bits per heavy atom. The zero-order chi connectivity index (χ0) is 17.2. The predicted molar refractivity (Wildman–Crippen MR) is 81.0 cm³/mol. The van der Waals surface area contributed by atoms with Crippen LogP contribution in [0.3, 0.4) is 0 Å². The lowest BCUT2D eigenvalue weighted by molar-refractivity contribution is -0.124. The summed E-state index contributed by atoms with van der Waals surface area (Å²) >= 11 is 0. The van der Waals surface area contributed by atoms with Crippen molar-refractivity contribution >= 4 is 15.9 Å². The topological polar surface area (TPSA) is 78.5 Å². The molecule has 2 atom stereocenters. The maximum Gasteiger partial charge on any atom is 0.225 e. The first kappa shape index (κ1) is 17.8. The fourth-order valence-corrected chi connectivity index (χ4v) is 4.15. The summed E-state index contributed by atoms with van der Waals surface area (Å²) in [5.41, 5.74) is 0.0119. The number of nitrogens with one attached hydrogen (secondary N) is 2. The van der Waals surface area contributed by atoms with E-state index in [2.05, 4.69) is 10.0 Å². The number of carbonyl (C=O) groups excluding carboxylic acids is 1. The van der Waals surface area contributed by atoms with E-state index in [1.807, 2.05) is 4.90 Å². The van der Waals surface area contributed by atoms with Crippen LogP contribution in [-0.2, 0) is 20.6 Å². The number of sulfonamides is 1. The second kappa shape index (κ2) is 6.90. The highest BCUT2D eigenvalue weighted by atomic mass is 32.2. The molecule has 0 spiro atoms. The highest BCUT2D eigenvalue weighted by Crippen LogP contribution is 2.18. The van der Waals surface area contributed by atoms with Gasteiger partial charge in [-0.05, 0) is 24.7 Å². The van der Waals surface area contributed by atoms with E-state index < -0.39 is 39.4 Å². The van der Waals surface area contributed by atoms with Gasteiger partial charge in [-0.15, -0.1) is 0 Å². The Bertz CT molecular complexity index is 676. The summed E-state index contributed by atoms with van der Waals surface area (Å²) < 4.78 is 53.3. The minimum absolute atomic E-state index is 0.0119. The smallest absolute Gasteiger partial charge is 0.225 e. The lowest BCUT2D eigenvalue weighted by Crippen LogP contribution is -2.45. The monoisotopic (exact) mass is 347 g/mol. The molecule has 1 fully saturated rings. The third-order valence-corrected chi connectivity index (χ3v) is 5.07. The Morgan fingerprint density at radius 1 is 1.26 bits per heavy atom. The quantitative estimate of drug-likeness (QED) is 0.790. The van der Waals surface area contributed by atoms with Gasteiger partial charge in [0.25, 0.3) is 0 Å². The van der Waals surface area contributed by atoms with E-state index in [0.717, 1.165) is 12.1 Å². The van der Waals surface area contributed by atoms with Crippen molar-refractivity contribution in [2.75, 3.05) is 27.2 Å². The lowest BCUT2D eigenvalue weighted by Gasteiger charge is -2.18. The molecule has 128 valence electrons. The van der Waals surface area contributed by atoms with Gasteiger partial charge in [-0.3, -0.25) is 4.79 Å². The van der Waals surface area contributed by atoms with Crippen molar-refractivity contribution in [2.45, 2.75) is 11.8 Å². The second-order valence-electron chi connectivity index (χ2n) is 5.70. The number of halogens is 2.